The van der Waals surface area contributed by atoms with E-state index in [4.69, 9.17) is 18.6 Å². The smallest absolute Gasteiger partial charge is 0.329 e. The maximum atomic E-state index is 13.3. The molecule has 72 heavy (non-hydrogen) atoms. The van der Waals surface area contributed by atoms with Crippen molar-refractivity contribution in [3.8, 4) is 0 Å². The summed E-state index contributed by atoms with van der Waals surface area (Å²) in [6.45, 7) is 21.0. The van der Waals surface area contributed by atoms with Crippen molar-refractivity contribution < 1.29 is 64.2 Å². The number of allylic oxidation sites excluding steroid dienone is 20. The number of carbonyl (C=O) groups excluding carboxylic acids is 6. The summed E-state index contributed by atoms with van der Waals surface area (Å²) in [4.78, 5) is 76.1. The van der Waals surface area contributed by atoms with Gasteiger partial charge in [-0.15, -0.1) is 0 Å². The lowest BCUT2D eigenvalue weighted by molar-refractivity contribution is -0.157. The van der Waals surface area contributed by atoms with Gasteiger partial charge in [-0.3, -0.25) is 18.7 Å². The van der Waals surface area contributed by atoms with Crippen LogP contribution in [-0.4, -0.2) is 110 Å². The van der Waals surface area contributed by atoms with E-state index in [2.05, 4.69) is 21.3 Å². The number of esters is 2. The van der Waals surface area contributed by atoms with Crippen molar-refractivity contribution in [2.45, 2.75) is 120 Å². The third kappa shape index (κ3) is 22.0. The second kappa shape index (κ2) is 27.6. The van der Waals surface area contributed by atoms with Crippen LogP contribution in [0.1, 0.15) is 95.9 Å². The Morgan fingerprint density at radius 3 is 1.21 bits per heavy atom. The van der Waals surface area contributed by atoms with Crippen LogP contribution < -0.4 is 21.3 Å². The Morgan fingerprint density at radius 2 is 0.889 bits per heavy atom. The van der Waals surface area contributed by atoms with Gasteiger partial charge >= 0.3 is 24.0 Å². The number of nitrogens with one attached hydrogen (secondary N) is 4. The predicted molar refractivity (Wildman–Crippen MR) is 278 cm³/mol. The molecule has 0 saturated carbocycles. The average molecular weight is 1040 g/mol. The fourth-order valence-electron chi connectivity index (χ4n) is 7.44. The minimum absolute atomic E-state index is 0.223. The summed E-state index contributed by atoms with van der Waals surface area (Å²) < 4.78 is 72.0. The van der Waals surface area contributed by atoms with Gasteiger partial charge in [-0.05, 0) is 88.5 Å². The van der Waals surface area contributed by atoms with Crippen molar-refractivity contribution in [3.05, 3.63) is 130 Å². The highest BCUT2D eigenvalue weighted by atomic mass is 32.2. The van der Waals surface area contributed by atoms with Crippen LogP contribution in [0.15, 0.2) is 130 Å². The molecule has 2 aliphatic carbocycles. The molecule has 0 saturated heterocycles. The molecule has 4 amide bonds. The number of amides is 4. The Balaban J connectivity index is 1.96. The van der Waals surface area contributed by atoms with Gasteiger partial charge < -0.3 is 30.7 Å². The normalized spacial score (nSPS) is 20.5. The van der Waals surface area contributed by atoms with Gasteiger partial charge in [0.2, 0.25) is 0 Å². The van der Waals surface area contributed by atoms with Gasteiger partial charge in [-0.1, -0.05) is 135 Å². The molecule has 6 N–H and O–H groups in total. The number of carbonyl (C=O) groups is 6. The molecular weight excluding hydrogens is 969 g/mol. The lowest BCUT2D eigenvalue weighted by Crippen LogP contribution is -2.48. The number of hydrogen-bond acceptors (Lipinski definition) is 12. The third-order valence-corrected chi connectivity index (χ3v) is 12.9. The van der Waals surface area contributed by atoms with Crippen LogP contribution in [0.2, 0.25) is 0 Å². The Kier molecular flexibility index (Phi) is 23.7. The molecule has 0 bridgehead atoms. The second-order valence-corrected chi connectivity index (χ2v) is 22.2. The van der Waals surface area contributed by atoms with E-state index in [9.17, 15) is 45.6 Å². The first kappa shape index (κ1) is 61.9. The first-order valence-corrected chi connectivity index (χ1v) is 26.4. The van der Waals surface area contributed by atoms with Crippen LogP contribution in [0.5, 0.6) is 0 Å². The van der Waals surface area contributed by atoms with E-state index < -0.39 is 90.9 Å². The van der Waals surface area contributed by atoms with Gasteiger partial charge in [0, 0.05) is 25.9 Å². The molecule has 0 aliphatic heterocycles. The molecule has 0 aromatic carbocycles. The zero-order valence-electron chi connectivity index (χ0n) is 43.2. The van der Waals surface area contributed by atoms with E-state index in [0.29, 0.717) is 11.1 Å². The maximum Gasteiger partial charge on any atom is 0.329 e. The SMILES string of the molecule is CC(C=CC=C(C)C=CC1=C(C)C(=O)C(OC(=O)C(C)NC(=O)NCCS(=O)(=O)O)CC1(C)C)=CC=CC=C(C)C=CC=C(C)C=CC1=C(C)C(=O)C(OC(=O)C(C)NC(=O)NCCS(=O)(=O)O)CC1(C)C. The van der Waals surface area contributed by atoms with Gasteiger partial charge in [0.1, 0.15) is 12.1 Å². The van der Waals surface area contributed by atoms with Crippen LogP contribution in [0.4, 0.5) is 9.59 Å². The number of hydrogen-bond donors (Lipinski definition) is 6. The van der Waals surface area contributed by atoms with E-state index in [1.165, 1.54) is 13.8 Å². The zero-order valence-corrected chi connectivity index (χ0v) is 44.9. The number of urea groups is 2. The van der Waals surface area contributed by atoms with Crippen LogP contribution in [0.25, 0.3) is 0 Å². The number of ketones is 2. The summed E-state index contributed by atoms with van der Waals surface area (Å²) in [5.41, 5.74) is 5.38. The number of ether oxygens (including phenoxy) is 2. The van der Waals surface area contributed by atoms with E-state index in [0.717, 1.165) is 33.4 Å². The second-order valence-electron chi connectivity index (χ2n) is 19.1. The highest BCUT2D eigenvalue weighted by molar-refractivity contribution is 7.86. The fourth-order valence-corrected chi connectivity index (χ4v) is 8.16. The monoisotopic (exact) mass is 1040 g/mol. The standard InChI is InChI=1S/C52H72N4O14S2/c1-33(19-15-21-35(3)23-25-41-37(5)45(57)43(31-51(41,9)10)69-47(59)39(7)55-49(61)53-27-29-71(63,64)65)17-13-14-18-34(2)20-16-22-36(4)24-26-42-38(6)46(58)44(32-52(42,11)12)70-48(60)40(8)56-50(62)54-28-30-72(66,67)68/h13-26,39-40,43-44H,27-32H2,1-12H3,(H2,53,55,61)(H2,54,56,62)(H,63,64,65)(H,66,67,68). The average Bonchev–Trinajstić information content (AvgIpc) is 3.24. The van der Waals surface area contributed by atoms with Crippen molar-refractivity contribution >= 4 is 55.8 Å². The van der Waals surface area contributed by atoms with Crippen LogP contribution in [-0.2, 0) is 48.9 Å². The Morgan fingerprint density at radius 1 is 0.583 bits per heavy atom. The maximum absolute atomic E-state index is 13.3. The molecule has 4 unspecified atom stereocenters. The van der Waals surface area contributed by atoms with Crippen molar-refractivity contribution in [2.24, 2.45) is 10.8 Å². The van der Waals surface area contributed by atoms with Crippen molar-refractivity contribution in [1.82, 2.24) is 21.3 Å². The highest BCUT2D eigenvalue weighted by Crippen LogP contribution is 2.42. The first-order chi connectivity index (χ1) is 33.2. The molecule has 18 nitrogen and oxygen atoms in total. The Labute approximate surface area is 424 Å². The van der Waals surface area contributed by atoms with Crippen LogP contribution >= 0.6 is 0 Å². The van der Waals surface area contributed by atoms with E-state index in [-0.39, 0.29) is 37.5 Å². The van der Waals surface area contributed by atoms with E-state index in [1.54, 1.807) is 13.8 Å². The molecule has 4 atom stereocenters. The molecule has 0 spiro atoms. The summed E-state index contributed by atoms with van der Waals surface area (Å²) in [5.74, 6) is -3.72. The molecular formula is C52H72N4O14S2. The zero-order chi connectivity index (χ0) is 54.8. The summed E-state index contributed by atoms with van der Waals surface area (Å²) in [7, 11) is -8.53. The first-order valence-electron chi connectivity index (χ1n) is 23.2. The largest absolute Gasteiger partial charge is 0.452 e. The Hall–Kier alpha value is -6.22. The van der Waals surface area contributed by atoms with Crippen molar-refractivity contribution in [1.29, 1.82) is 0 Å². The molecule has 0 radical (unpaired) electrons. The number of rotatable bonds is 22. The lowest BCUT2D eigenvalue weighted by Gasteiger charge is -2.36. The van der Waals surface area contributed by atoms with Crippen molar-refractivity contribution in [3.63, 3.8) is 0 Å². The van der Waals surface area contributed by atoms with Gasteiger partial charge in [-0.2, -0.15) is 16.8 Å². The summed E-state index contributed by atoms with van der Waals surface area (Å²) in [5, 5.41) is 9.10. The quantitative estimate of drug-likeness (QED) is 0.0357. The van der Waals surface area contributed by atoms with Gasteiger partial charge in [0.15, 0.2) is 23.8 Å². The lowest BCUT2D eigenvalue weighted by atomic mass is 9.71. The summed E-state index contributed by atoms with van der Waals surface area (Å²) in [6.07, 6.45) is 25.5. The van der Waals surface area contributed by atoms with Crippen LogP contribution in [0.3, 0.4) is 0 Å². The number of Topliss-reactive ketones (excluding diaryl/α,β-unsaturated/α-hetero) is 2. The predicted octanol–water partition coefficient (Wildman–Crippen LogP) is 7.16. The minimum Gasteiger partial charge on any atom is -0.452 e. The minimum atomic E-state index is -4.27. The van der Waals surface area contributed by atoms with Crippen molar-refractivity contribution in [2.75, 3.05) is 24.6 Å². The molecule has 0 aromatic rings. The van der Waals surface area contributed by atoms with Gasteiger partial charge in [0.25, 0.3) is 20.2 Å². The molecule has 0 fully saturated rings. The van der Waals surface area contributed by atoms with Gasteiger partial charge in [-0.25, -0.2) is 19.2 Å². The topological polar surface area (TPSA) is 278 Å². The summed E-state index contributed by atoms with van der Waals surface area (Å²) >= 11 is 0. The fraction of sp³-hybridized carbons (Fsp3) is 0.462. The van der Waals surface area contributed by atoms with Crippen LogP contribution in [0, 0.1) is 10.8 Å². The molecule has 2 aliphatic rings. The van der Waals surface area contributed by atoms with Gasteiger partial charge in [0.05, 0.1) is 11.5 Å². The van der Waals surface area contributed by atoms with E-state index in [1.807, 2.05) is 140 Å². The molecule has 2 rings (SSSR count). The molecule has 0 aromatic heterocycles. The third-order valence-electron chi connectivity index (χ3n) is 11.5. The molecule has 0 heterocycles. The highest BCUT2D eigenvalue weighted by Gasteiger charge is 2.42. The summed E-state index contributed by atoms with van der Waals surface area (Å²) in [6, 6.07) is -3.94. The van der Waals surface area contributed by atoms with E-state index >= 15 is 0 Å². The molecule has 20 heteroatoms. The Bertz CT molecular complexity index is 2480. The molecule has 396 valence electrons.